The van der Waals surface area contributed by atoms with Crippen LogP contribution in [0.3, 0.4) is 0 Å². The van der Waals surface area contributed by atoms with E-state index in [2.05, 4.69) is 41.5 Å². The van der Waals surface area contributed by atoms with Gasteiger partial charge in [-0.1, -0.05) is 427 Å². The van der Waals surface area contributed by atoms with Crippen LogP contribution in [0.2, 0.25) is 0 Å². The van der Waals surface area contributed by atoms with E-state index in [1.807, 2.05) is 0 Å². The predicted octanol–water partition coefficient (Wildman–Crippen LogP) is 27.4. The molecule has 19 heteroatoms. The van der Waals surface area contributed by atoms with Crippen molar-refractivity contribution >= 4 is 39.5 Å². The van der Waals surface area contributed by atoms with E-state index in [1.54, 1.807) is 0 Å². The number of carbonyl (C=O) groups is 4. The van der Waals surface area contributed by atoms with Crippen LogP contribution in [0.5, 0.6) is 0 Å². The fourth-order valence-corrected chi connectivity index (χ4v) is 15.5. The first-order valence-electron chi connectivity index (χ1n) is 46.1. The molecular weight excluding hydrogens is 1400 g/mol. The maximum Gasteiger partial charge on any atom is 0.472 e. The summed E-state index contributed by atoms with van der Waals surface area (Å²) in [6.07, 6.45) is 73.5. The van der Waals surface area contributed by atoms with Crippen molar-refractivity contribution < 1.29 is 80.2 Å². The summed E-state index contributed by atoms with van der Waals surface area (Å²) in [5, 5.41) is 10.7. The van der Waals surface area contributed by atoms with E-state index in [9.17, 15) is 43.2 Å². The topological polar surface area (TPSA) is 237 Å². The van der Waals surface area contributed by atoms with Gasteiger partial charge in [-0.15, -0.1) is 0 Å². The standard InChI is InChI=1S/C89H174O17P2/c1-7-11-13-15-17-19-21-22-23-24-25-26-27-28-29-30-38-43-49-55-61-67-73-88(93)106-85(78-100-87(92)72-66-60-54-48-42-37-33-31-35-40-45-51-57-63-69-81(5)9-3)80-104-108(97,98)102-76-83(90)75-101-107(95,96)103-79-84(77-99-86(91)71-65-59-53-47-20-18-16-14-12-8-2)105-89(94)74-68-62-56-50-44-39-34-32-36-41-46-52-58-64-70-82(6)10-4/h81-85,90H,7-80H2,1-6H3,(H,95,96)(H,97,98)/t81?,82?,83-,84+,85+/m0/s1. The Morgan fingerprint density at radius 3 is 0.657 bits per heavy atom. The Hall–Kier alpha value is -1.94. The number of phosphoric ester groups is 2. The Labute approximate surface area is 664 Å². The fraction of sp³-hybridized carbons (Fsp3) is 0.955. The normalized spacial score (nSPS) is 14.3. The van der Waals surface area contributed by atoms with E-state index in [4.69, 9.17) is 37.0 Å². The van der Waals surface area contributed by atoms with Gasteiger partial charge in [0, 0.05) is 25.7 Å². The molecule has 0 spiro atoms. The van der Waals surface area contributed by atoms with Crippen molar-refractivity contribution in [3.63, 3.8) is 0 Å². The largest absolute Gasteiger partial charge is 0.472 e. The molecule has 0 bridgehead atoms. The van der Waals surface area contributed by atoms with Crippen LogP contribution in [-0.4, -0.2) is 96.7 Å². The zero-order chi connectivity index (χ0) is 79.2. The number of rotatable bonds is 88. The summed E-state index contributed by atoms with van der Waals surface area (Å²) in [4.78, 5) is 73.3. The maximum atomic E-state index is 13.2. The molecule has 0 rings (SSSR count). The van der Waals surface area contributed by atoms with E-state index < -0.39 is 97.5 Å². The van der Waals surface area contributed by atoms with Gasteiger partial charge in [0.15, 0.2) is 12.2 Å². The Kier molecular flexibility index (Phi) is 78.8. The third-order valence-corrected chi connectivity index (χ3v) is 23.6. The van der Waals surface area contributed by atoms with Gasteiger partial charge in [-0.25, -0.2) is 9.13 Å². The van der Waals surface area contributed by atoms with Gasteiger partial charge in [0.1, 0.15) is 19.3 Å². The number of carbonyl (C=O) groups excluding carboxylic acids is 4. The molecule has 0 radical (unpaired) electrons. The van der Waals surface area contributed by atoms with Crippen LogP contribution < -0.4 is 0 Å². The lowest BCUT2D eigenvalue weighted by atomic mass is 9.99. The molecule has 7 atom stereocenters. The van der Waals surface area contributed by atoms with E-state index in [-0.39, 0.29) is 25.7 Å². The van der Waals surface area contributed by atoms with Crippen LogP contribution >= 0.6 is 15.6 Å². The number of ether oxygens (including phenoxy) is 4. The summed E-state index contributed by atoms with van der Waals surface area (Å²) in [6.45, 7) is 9.79. The number of aliphatic hydroxyl groups excluding tert-OH is 1. The first-order valence-corrected chi connectivity index (χ1v) is 49.1. The molecule has 0 saturated carbocycles. The quantitative estimate of drug-likeness (QED) is 0.0222. The molecule has 17 nitrogen and oxygen atoms in total. The van der Waals surface area contributed by atoms with Crippen molar-refractivity contribution in [3.8, 4) is 0 Å². The first kappa shape index (κ1) is 106. The van der Waals surface area contributed by atoms with Crippen LogP contribution in [0.25, 0.3) is 0 Å². The Balaban J connectivity index is 5.22. The van der Waals surface area contributed by atoms with Crippen molar-refractivity contribution in [2.24, 2.45) is 11.8 Å². The fourth-order valence-electron chi connectivity index (χ4n) is 13.9. The highest BCUT2D eigenvalue weighted by molar-refractivity contribution is 7.47. The molecule has 0 aromatic rings. The molecular formula is C89H174O17P2. The van der Waals surface area contributed by atoms with Crippen molar-refractivity contribution in [2.45, 2.75) is 496 Å². The van der Waals surface area contributed by atoms with Crippen LogP contribution in [0.15, 0.2) is 0 Å². The Bertz CT molecular complexity index is 2070. The van der Waals surface area contributed by atoms with E-state index >= 15 is 0 Å². The van der Waals surface area contributed by atoms with E-state index in [1.165, 1.54) is 295 Å². The van der Waals surface area contributed by atoms with Crippen LogP contribution in [0.4, 0.5) is 0 Å². The van der Waals surface area contributed by atoms with Crippen LogP contribution in [0.1, 0.15) is 478 Å². The molecule has 3 N–H and O–H groups in total. The second-order valence-corrected chi connectivity index (χ2v) is 35.4. The molecule has 0 aliphatic carbocycles. The summed E-state index contributed by atoms with van der Waals surface area (Å²) >= 11 is 0. The predicted molar refractivity (Wildman–Crippen MR) is 446 cm³/mol. The summed E-state index contributed by atoms with van der Waals surface area (Å²) in [7, 11) is -9.93. The van der Waals surface area contributed by atoms with Crippen molar-refractivity contribution in [3.05, 3.63) is 0 Å². The second-order valence-electron chi connectivity index (χ2n) is 32.5. The average Bonchev–Trinajstić information content (AvgIpc) is 0.898. The van der Waals surface area contributed by atoms with Gasteiger partial charge in [-0.2, -0.15) is 0 Å². The summed E-state index contributed by atoms with van der Waals surface area (Å²) in [5.41, 5.74) is 0. The number of esters is 4. The molecule has 0 fully saturated rings. The smallest absolute Gasteiger partial charge is 0.462 e. The minimum atomic E-state index is -4.97. The van der Waals surface area contributed by atoms with Gasteiger partial charge in [-0.05, 0) is 37.5 Å². The highest BCUT2D eigenvalue weighted by Gasteiger charge is 2.31. The number of hydrogen-bond acceptors (Lipinski definition) is 15. The SMILES string of the molecule is CCCCCCCCCCCCCCCCCCCCCCCCC(=O)O[C@H](COC(=O)CCCCCCCCCCCCCCCCC(C)CC)COP(=O)(O)OC[C@@H](O)COP(=O)(O)OC[C@@H](COC(=O)CCCCCCCCCCCC)OC(=O)CCCCCCCCCCCCCCCCC(C)CC. The van der Waals surface area contributed by atoms with E-state index in [0.717, 1.165) is 102 Å². The van der Waals surface area contributed by atoms with E-state index in [0.29, 0.717) is 25.7 Å². The molecule has 0 saturated heterocycles. The maximum absolute atomic E-state index is 13.2. The lowest BCUT2D eigenvalue weighted by Gasteiger charge is -2.21. The summed E-state index contributed by atoms with van der Waals surface area (Å²) < 4.78 is 69.0. The average molecular weight is 1580 g/mol. The molecule has 0 aliphatic rings. The zero-order valence-electron chi connectivity index (χ0n) is 71.2. The molecule has 0 aromatic carbocycles. The lowest BCUT2D eigenvalue weighted by molar-refractivity contribution is -0.161. The minimum Gasteiger partial charge on any atom is -0.462 e. The second kappa shape index (κ2) is 80.3. The number of aliphatic hydroxyl groups is 1. The highest BCUT2D eigenvalue weighted by atomic mass is 31.2. The third kappa shape index (κ3) is 79.3. The van der Waals surface area contributed by atoms with Crippen molar-refractivity contribution in [1.29, 1.82) is 0 Å². The van der Waals surface area contributed by atoms with Gasteiger partial charge >= 0.3 is 39.5 Å². The molecule has 0 amide bonds. The Morgan fingerprint density at radius 1 is 0.259 bits per heavy atom. The van der Waals surface area contributed by atoms with Gasteiger partial charge in [0.05, 0.1) is 26.4 Å². The summed E-state index contributed by atoms with van der Waals surface area (Å²) in [6, 6.07) is 0. The third-order valence-electron chi connectivity index (χ3n) is 21.7. The molecule has 4 unspecified atom stereocenters. The monoisotopic (exact) mass is 1580 g/mol. The zero-order valence-corrected chi connectivity index (χ0v) is 73.0. The minimum absolute atomic E-state index is 0.108. The number of phosphoric acid groups is 2. The highest BCUT2D eigenvalue weighted by Crippen LogP contribution is 2.45. The molecule has 0 heterocycles. The number of unbranched alkanes of at least 4 members (excludes halogenated alkanes) is 56. The van der Waals surface area contributed by atoms with Gasteiger partial charge < -0.3 is 33.8 Å². The lowest BCUT2D eigenvalue weighted by Crippen LogP contribution is -2.30. The van der Waals surface area contributed by atoms with Crippen LogP contribution in [-0.2, 0) is 65.4 Å². The summed E-state index contributed by atoms with van der Waals surface area (Å²) in [5.74, 6) is -0.403. The molecule has 0 aliphatic heterocycles. The van der Waals surface area contributed by atoms with Crippen molar-refractivity contribution in [1.82, 2.24) is 0 Å². The molecule has 108 heavy (non-hydrogen) atoms. The number of hydrogen-bond donors (Lipinski definition) is 3. The Morgan fingerprint density at radius 2 is 0.444 bits per heavy atom. The van der Waals surface area contributed by atoms with Gasteiger partial charge in [-0.3, -0.25) is 37.3 Å². The van der Waals surface area contributed by atoms with Gasteiger partial charge in [0.25, 0.3) is 0 Å². The van der Waals surface area contributed by atoms with Crippen LogP contribution in [0, 0.1) is 11.8 Å². The van der Waals surface area contributed by atoms with Gasteiger partial charge in [0.2, 0.25) is 0 Å². The van der Waals surface area contributed by atoms with Crippen molar-refractivity contribution in [2.75, 3.05) is 39.6 Å². The molecule has 0 aromatic heterocycles. The first-order chi connectivity index (χ1) is 52.4. The molecule has 642 valence electrons.